The lowest BCUT2D eigenvalue weighted by Crippen LogP contribution is -2.54. The molecule has 0 amide bonds. The highest BCUT2D eigenvalue weighted by Gasteiger charge is 2.38. The van der Waals surface area contributed by atoms with Gasteiger partial charge in [0.15, 0.2) is 0 Å². The SMILES string of the molecule is CCCCCCC/C=C/CO[C@@H]1CO[C@@H](CO)[C@H](O)[C@H]1O. The number of aliphatic hydroxyl groups excluding tert-OH is 3. The van der Waals surface area contributed by atoms with E-state index in [2.05, 4.69) is 13.0 Å². The van der Waals surface area contributed by atoms with Crippen LogP contribution in [0, 0.1) is 0 Å². The van der Waals surface area contributed by atoms with Gasteiger partial charge < -0.3 is 24.8 Å². The lowest BCUT2D eigenvalue weighted by molar-refractivity contribution is -0.205. The van der Waals surface area contributed by atoms with Gasteiger partial charge in [-0.25, -0.2) is 0 Å². The van der Waals surface area contributed by atoms with Crippen molar-refractivity contribution in [3.05, 3.63) is 12.2 Å². The minimum absolute atomic E-state index is 0.189. The molecule has 1 aliphatic heterocycles. The predicted molar refractivity (Wildman–Crippen MR) is 81.1 cm³/mol. The van der Waals surface area contributed by atoms with E-state index in [9.17, 15) is 10.2 Å². The van der Waals surface area contributed by atoms with Crippen molar-refractivity contribution < 1.29 is 24.8 Å². The molecule has 1 fully saturated rings. The van der Waals surface area contributed by atoms with Gasteiger partial charge in [-0.1, -0.05) is 44.8 Å². The van der Waals surface area contributed by atoms with Crippen LogP contribution in [0.3, 0.4) is 0 Å². The van der Waals surface area contributed by atoms with Crippen LogP contribution in [-0.4, -0.2) is 59.6 Å². The zero-order valence-corrected chi connectivity index (χ0v) is 13.0. The molecule has 0 saturated carbocycles. The Bertz CT molecular complexity index is 282. The quantitative estimate of drug-likeness (QED) is 0.420. The number of allylic oxidation sites excluding steroid dienone is 1. The van der Waals surface area contributed by atoms with Crippen LogP contribution in [0.4, 0.5) is 0 Å². The van der Waals surface area contributed by atoms with Crippen molar-refractivity contribution in [3.63, 3.8) is 0 Å². The van der Waals surface area contributed by atoms with Gasteiger partial charge >= 0.3 is 0 Å². The Morgan fingerprint density at radius 2 is 1.86 bits per heavy atom. The molecule has 1 heterocycles. The molecule has 3 N–H and O–H groups in total. The van der Waals surface area contributed by atoms with Gasteiger partial charge in [0, 0.05) is 0 Å². The molecule has 1 aliphatic rings. The Labute approximate surface area is 127 Å². The van der Waals surface area contributed by atoms with Crippen LogP contribution >= 0.6 is 0 Å². The van der Waals surface area contributed by atoms with E-state index in [1.807, 2.05) is 6.08 Å². The zero-order valence-electron chi connectivity index (χ0n) is 13.0. The normalized spacial score (nSPS) is 30.1. The van der Waals surface area contributed by atoms with Crippen molar-refractivity contribution in [1.82, 2.24) is 0 Å². The Morgan fingerprint density at radius 1 is 1.10 bits per heavy atom. The summed E-state index contributed by atoms with van der Waals surface area (Å²) in [4.78, 5) is 0. The van der Waals surface area contributed by atoms with E-state index in [0.29, 0.717) is 6.61 Å². The molecule has 0 spiro atoms. The van der Waals surface area contributed by atoms with Gasteiger partial charge in [0.1, 0.15) is 24.4 Å². The molecular weight excluding hydrogens is 272 g/mol. The number of hydrogen-bond donors (Lipinski definition) is 3. The van der Waals surface area contributed by atoms with E-state index in [1.54, 1.807) is 0 Å². The molecule has 21 heavy (non-hydrogen) atoms. The monoisotopic (exact) mass is 302 g/mol. The van der Waals surface area contributed by atoms with Crippen molar-refractivity contribution in [2.45, 2.75) is 69.9 Å². The fraction of sp³-hybridized carbons (Fsp3) is 0.875. The van der Waals surface area contributed by atoms with Crippen LogP contribution in [0.1, 0.15) is 45.4 Å². The van der Waals surface area contributed by atoms with Crippen LogP contribution in [0.5, 0.6) is 0 Å². The molecule has 124 valence electrons. The third-order valence-corrected chi connectivity index (χ3v) is 3.81. The van der Waals surface area contributed by atoms with Crippen LogP contribution < -0.4 is 0 Å². The summed E-state index contributed by atoms with van der Waals surface area (Å²) in [7, 11) is 0. The van der Waals surface area contributed by atoms with Crippen molar-refractivity contribution >= 4 is 0 Å². The minimum Gasteiger partial charge on any atom is -0.394 e. The summed E-state index contributed by atoms with van der Waals surface area (Å²) in [5, 5.41) is 28.6. The highest BCUT2D eigenvalue weighted by atomic mass is 16.6. The van der Waals surface area contributed by atoms with Gasteiger partial charge in [-0.15, -0.1) is 0 Å². The topological polar surface area (TPSA) is 79.2 Å². The summed E-state index contributed by atoms with van der Waals surface area (Å²) in [6.07, 6.45) is 8.03. The molecule has 5 nitrogen and oxygen atoms in total. The second kappa shape index (κ2) is 11.2. The highest BCUT2D eigenvalue weighted by Crippen LogP contribution is 2.17. The molecule has 0 bridgehead atoms. The summed E-state index contributed by atoms with van der Waals surface area (Å²) in [6.45, 7) is 2.49. The fourth-order valence-electron chi connectivity index (χ4n) is 2.39. The highest BCUT2D eigenvalue weighted by molar-refractivity contribution is 4.88. The largest absolute Gasteiger partial charge is 0.394 e. The molecule has 0 aliphatic carbocycles. The molecule has 4 atom stereocenters. The minimum atomic E-state index is -1.10. The number of unbranched alkanes of at least 4 members (excludes halogenated alkanes) is 5. The molecule has 1 saturated heterocycles. The maximum absolute atomic E-state index is 9.87. The second-order valence-corrected chi connectivity index (χ2v) is 5.58. The van der Waals surface area contributed by atoms with Crippen LogP contribution in [0.15, 0.2) is 12.2 Å². The van der Waals surface area contributed by atoms with Crippen molar-refractivity contribution in [3.8, 4) is 0 Å². The Morgan fingerprint density at radius 3 is 2.57 bits per heavy atom. The van der Waals surface area contributed by atoms with Crippen LogP contribution in [0.2, 0.25) is 0 Å². The molecular formula is C16H30O5. The van der Waals surface area contributed by atoms with Gasteiger partial charge in [-0.3, -0.25) is 0 Å². The standard InChI is InChI=1S/C16H30O5/c1-2-3-4-5-6-7-8-9-10-20-14-12-21-13(11-17)15(18)16(14)19/h8-9,13-19H,2-7,10-12H2,1H3/b9-8+/t13-,14+,15-,16-/m0/s1. The van der Waals surface area contributed by atoms with Crippen LogP contribution in [-0.2, 0) is 9.47 Å². The summed E-state index contributed by atoms with van der Waals surface area (Å²) < 4.78 is 10.7. The summed E-state index contributed by atoms with van der Waals surface area (Å²) in [6, 6.07) is 0. The van der Waals surface area contributed by atoms with Crippen molar-refractivity contribution in [1.29, 1.82) is 0 Å². The van der Waals surface area contributed by atoms with E-state index in [4.69, 9.17) is 14.6 Å². The average molecular weight is 302 g/mol. The molecule has 0 aromatic carbocycles. The Kier molecular flexibility index (Phi) is 9.87. The van der Waals surface area contributed by atoms with Crippen LogP contribution in [0.25, 0.3) is 0 Å². The first kappa shape index (κ1) is 18.6. The van der Waals surface area contributed by atoms with E-state index in [-0.39, 0.29) is 13.2 Å². The number of hydrogen-bond acceptors (Lipinski definition) is 5. The smallest absolute Gasteiger partial charge is 0.111 e. The molecule has 0 radical (unpaired) electrons. The van der Waals surface area contributed by atoms with Gasteiger partial charge in [0.05, 0.1) is 19.8 Å². The van der Waals surface area contributed by atoms with Gasteiger partial charge in [-0.2, -0.15) is 0 Å². The van der Waals surface area contributed by atoms with Gasteiger partial charge in [-0.05, 0) is 12.8 Å². The molecule has 5 heteroatoms. The van der Waals surface area contributed by atoms with Crippen molar-refractivity contribution in [2.75, 3.05) is 19.8 Å². The predicted octanol–water partition coefficient (Wildman–Crippen LogP) is 1.40. The van der Waals surface area contributed by atoms with Crippen molar-refractivity contribution in [2.24, 2.45) is 0 Å². The maximum Gasteiger partial charge on any atom is 0.111 e. The first-order valence-corrected chi connectivity index (χ1v) is 8.05. The summed E-state index contributed by atoms with van der Waals surface area (Å²) in [5.74, 6) is 0. The fourth-order valence-corrected chi connectivity index (χ4v) is 2.39. The lowest BCUT2D eigenvalue weighted by atomic mass is 10.0. The van der Waals surface area contributed by atoms with E-state index < -0.39 is 24.4 Å². The second-order valence-electron chi connectivity index (χ2n) is 5.58. The Hall–Kier alpha value is -0.460. The molecule has 0 unspecified atom stereocenters. The van der Waals surface area contributed by atoms with Gasteiger partial charge in [0.25, 0.3) is 0 Å². The third-order valence-electron chi connectivity index (χ3n) is 3.81. The zero-order chi connectivity index (χ0) is 15.5. The van der Waals surface area contributed by atoms with E-state index in [0.717, 1.165) is 6.42 Å². The average Bonchev–Trinajstić information content (AvgIpc) is 2.50. The molecule has 0 aromatic heterocycles. The number of ether oxygens (including phenoxy) is 2. The number of aliphatic hydroxyl groups is 3. The molecule has 1 rings (SSSR count). The number of rotatable bonds is 10. The first-order valence-electron chi connectivity index (χ1n) is 8.05. The third kappa shape index (κ3) is 6.89. The molecule has 0 aromatic rings. The summed E-state index contributed by atoms with van der Waals surface area (Å²) in [5.41, 5.74) is 0. The lowest BCUT2D eigenvalue weighted by Gasteiger charge is -2.36. The maximum atomic E-state index is 9.87. The van der Waals surface area contributed by atoms with E-state index in [1.165, 1.54) is 32.1 Å². The Balaban J connectivity index is 2.09. The summed E-state index contributed by atoms with van der Waals surface area (Å²) >= 11 is 0. The first-order chi connectivity index (χ1) is 10.2. The van der Waals surface area contributed by atoms with Gasteiger partial charge in [0.2, 0.25) is 0 Å². The van der Waals surface area contributed by atoms with E-state index >= 15 is 0 Å².